The highest BCUT2D eigenvalue weighted by Crippen LogP contribution is 2.38. The Morgan fingerprint density at radius 2 is 1.86 bits per heavy atom. The van der Waals surface area contributed by atoms with Crippen molar-refractivity contribution >= 4 is 0 Å². The van der Waals surface area contributed by atoms with E-state index in [4.69, 9.17) is 0 Å². The maximum absolute atomic E-state index is 3.53. The summed E-state index contributed by atoms with van der Waals surface area (Å²) in [5.74, 6) is 2.60. The van der Waals surface area contributed by atoms with Gasteiger partial charge in [-0.3, -0.25) is 0 Å². The van der Waals surface area contributed by atoms with Crippen molar-refractivity contribution in [1.29, 1.82) is 0 Å². The number of hydrogen-bond acceptors (Lipinski definition) is 2. The van der Waals surface area contributed by atoms with Gasteiger partial charge in [-0.05, 0) is 87.2 Å². The maximum atomic E-state index is 3.53. The van der Waals surface area contributed by atoms with Gasteiger partial charge in [-0.2, -0.15) is 0 Å². The zero-order valence-corrected chi connectivity index (χ0v) is 13.1. The van der Waals surface area contributed by atoms with Crippen LogP contribution < -0.4 is 5.32 Å². The second kappa shape index (κ2) is 6.10. The molecule has 0 amide bonds. The molecule has 4 fully saturated rings. The first-order valence-electron chi connectivity index (χ1n) is 8.90. The molecule has 5 rings (SSSR count). The molecule has 4 aliphatic heterocycles. The lowest BCUT2D eigenvalue weighted by atomic mass is 9.75. The SMILES string of the molecule is c1cc(C2CN3CCC2CC3)ccc1CC1CCCNC1. The molecule has 2 heteroatoms. The van der Waals surface area contributed by atoms with Crippen molar-refractivity contribution in [2.45, 2.75) is 38.0 Å². The van der Waals surface area contributed by atoms with E-state index >= 15 is 0 Å². The lowest BCUT2D eigenvalue weighted by molar-refractivity contribution is 0.0871. The molecule has 2 unspecified atom stereocenters. The molecule has 2 bridgehead atoms. The molecular weight excluding hydrogens is 256 g/mol. The van der Waals surface area contributed by atoms with Crippen LogP contribution in [0.4, 0.5) is 0 Å². The lowest BCUT2D eigenvalue weighted by Gasteiger charge is -2.45. The normalized spacial score (nSPS) is 35.8. The molecule has 0 saturated carbocycles. The third kappa shape index (κ3) is 3.02. The first kappa shape index (κ1) is 13.8. The van der Waals surface area contributed by atoms with Gasteiger partial charge >= 0.3 is 0 Å². The number of rotatable bonds is 3. The Balaban J connectivity index is 1.41. The van der Waals surface area contributed by atoms with Crippen LogP contribution in [0.15, 0.2) is 24.3 Å². The number of nitrogens with one attached hydrogen (secondary N) is 1. The van der Waals surface area contributed by atoms with Gasteiger partial charge < -0.3 is 10.2 Å². The van der Waals surface area contributed by atoms with E-state index in [1.54, 1.807) is 5.56 Å². The van der Waals surface area contributed by atoms with Crippen LogP contribution >= 0.6 is 0 Å². The van der Waals surface area contributed by atoms with E-state index in [1.165, 1.54) is 70.4 Å². The molecule has 4 saturated heterocycles. The van der Waals surface area contributed by atoms with Crippen LogP contribution in [0, 0.1) is 11.8 Å². The summed E-state index contributed by atoms with van der Waals surface area (Å²) in [6, 6.07) is 9.67. The molecule has 4 heterocycles. The van der Waals surface area contributed by atoms with E-state index in [-0.39, 0.29) is 0 Å². The van der Waals surface area contributed by atoms with Crippen LogP contribution in [-0.4, -0.2) is 37.6 Å². The van der Waals surface area contributed by atoms with Crippen LogP contribution in [0.25, 0.3) is 0 Å². The summed E-state index contributed by atoms with van der Waals surface area (Å²) < 4.78 is 0. The van der Waals surface area contributed by atoms with Crippen LogP contribution in [0.2, 0.25) is 0 Å². The molecule has 114 valence electrons. The van der Waals surface area contributed by atoms with Gasteiger partial charge in [0, 0.05) is 6.54 Å². The van der Waals surface area contributed by atoms with Crippen molar-refractivity contribution in [3.05, 3.63) is 35.4 Å². The van der Waals surface area contributed by atoms with Crippen molar-refractivity contribution in [3.63, 3.8) is 0 Å². The predicted octanol–water partition coefficient (Wildman–Crippen LogP) is 3.04. The van der Waals surface area contributed by atoms with Crippen LogP contribution in [-0.2, 0) is 6.42 Å². The first-order chi connectivity index (χ1) is 10.4. The summed E-state index contributed by atoms with van der Waals surface area (Å²) in [4.78, 5) is 2.66. The van der Waals surface area contributed by atoms with E-state index in [2.05, 4.69) is 34.5 Å². The van der Waals surface area contributed by atoms with Crippen molar-refractivity contribution in [2.24, 2.45) is 11.8 Å². The van der Waals surface area contributed by atoms with Crippen LogP contribution in [0.3, 0.4) is 0 Å². The molecule has 0 aromatic heterocycles. The third-order valence-electron chi connectivity index (χ3n) is 5.99. The highest BCUT2D eigenvalue weighted by molar-refractivity contribution is 5.27. The Morgan fingerprint density at radius 3 is 2.48 bits per heavy atom. The molecule has 4 aliphatic rings. The Morgan fingerprint density at radius 1 is 1.05 bits per heavy atom. The Hall–Kier alpha value is -0.860. The largest absolute Gasteiger partial charge is 0.316 e. The summed E-state index contributed by atoms with van der Waals surface area (Å²) in [6.45, 7) is 6.41. The smallest absolute Gasteiger partial charge is 0.00530 e. The molecule has 0 radical (unpaired) electrons. The summed E-state index contributed by atoms with van der Waals surface area (Å²) in [7, 11) is 0. The van der Waals surface area contributed by atoms with E-state index in [9.17, 15) is 0 Å². The summed E-state index contributed by atoms with van der Waals surface area (Å²) in [5, 5.41) is 3.53. The zero-order chi connectivity index (χ0) is 14.1. The molecule has 21 heavy (non-hydrogen) atoms. The quantitative estimate of drug-likeness (QED) is 0.918. The van der Waals surface area contributed by atoms with Gasteiger partial charge in [-0.1, -0.05) is 24.3 Å². The van der Waals surface area contributed by atoms with Crippen LogP contribution in [0.1, 0.15) is 42.7 Å². The van der Waals surface area contributed by atoms with Gasteiger partial charge in [-0.15, -0.1) is 0 Å². The molecule has 1 aromatic rings. The highest BCUT2D eigenvalue weighted by Gasteiger charge is 2.34. The fraction of sp³-hybridized carbons (Fsp3) is 0.684. The van der Waals surface area contributed by atoms with Gasteiger partial charge in [0.1, 0.15) is 0 Å². The average molecular weight is 284 g/mol. The Kier molecular flexibility index (Phi) is 4.00. The van der Waals surface area contributed by atoms with Crippen molar-refractivity contribution < 1.29 is 0 Å². The van der Waals surface area contributed by atoms with E-state index < -0.39 is 0 Å². The van der Waals surface area contributed by atoms with Gasteiger partial charge in [0.05, 0.1) is 0 Å². The molecule has 2 nitrogen and oxygen atoms in total. The standard InChI is InChI=1S/C19H28N2/c1-2-16(13-20-9-1)12-15-3-5-17(6-4-15)19-14-21-10-7-18(19)8-11-21/h3-6,16,18-20H,1-2,7-14H2. The summed E-state index contributed by atoms with van der Waals surface area (Å²) >= 11 is 0. The average Bonchev–Trinajstić information content (AvgIpc) is 2.57. The number of benzene rings is 1. The molecular formula is C19H28N2. The molecule has 0 spiro atoms. The minimum Gasteiger partial charge on any atom is -0.316 e. The Labute approximate surface area is 128 Å². The van der Waals surface area contributed by atoms with E-state index in [0.717, 1.165) is 17.8 Å². The summed E-state index contributed by atoms with van der Waals surface area (Å²) in [6.07, 6.45) is 6.84. The molecule has 0 aliphatic carbocycles. The summed E-state index contributed by atoms with van der Waals surface area (Å²) in [5.41, 5.74) is 3.13. The highest BCUT2D eigenvalue weighted by atomic mass is 15.1. The number of fused-ring (bicyclic) bond motifs is 3. The number of nitrogens with zero attached hydrogens (tertiary/aromatic N) is 1. The topological polar surface area (TPSA) is 15.3 Å². The van der Waals surface area contributed by atoms with E-state index in [0.29, 0.717) is 0 Å². The molecule has 1 N–H and O–H groups in total. The van der Waals surface area contributed by atoms with Crippen LogP contribution in [0.5, 0.6) is 0 Å². The predicted molar refractivity (Wildman–Crippen MR) is 87.6 cm³/mol. The minimum atomic E-state index is 0.804. The number of hydrogen-bond donors (Lipinski definition) is 1. The Bertz CT molecular complexity index is 453. The van der Waals surface area contributed by atoms with Gasteiger partial charge in [-0.25, -0.2) is 0 Å². The first-order valence-corrected chi connectivity index (χ1v) is 8.90. The molecule has 1 aromatic carbocycles. The van der Waals surface area contributed by atoms with E-state index in [1.807, 2.05) is 0 Å². The fourth-order valence-electron chi connectivity index (χ4n) is 4.68. The monoisotopic (exact) mass is 284 g/mol. The molecule has 2 atom stereocenters. The van der Waals surface area contributed by atoms with Crippen molar-refractivity contribution in [1.82, 2.24) is 10.2 Å². The second-order valence-electron chi connectivity index (χ2n) is 7.40. The zero-order valence-electron chi connectivity index (χ0n) is 13.1. The van der Waals surface area contributed by atoms with Crippen molar-refractivity contribution in [3.8, 4) is 0 Å². The minimum absolute atomic E-state index is 0.804. The lowest BCUT2D eigenvalue weighted by Crippen LogP contribution is -2.46. The van der Waals surface area contributed by atoms with Crippen molar-refractivity contribution in [2.75, 3.05) is 32.7 Å². The fourth-order valence-corrected chi connectivity index (χ4v) is 4.68. The van der Waals surface area contributed by atoms with Gasteiger partial charge in [0.25, 0.3) is 0 Å². The maximum Gasteiger partial charge on any atom is 0.00530 e. The van der Waals surface area contributed by atoms with Gasteiger partial charge in [0.2, 0.25) is 0 Å². The van der Waals surface area contributed by atoms with Gasteiger partial charge in [0.15, 0.2) is 0 Å². The third-order valence-corrected chi connectivity index (χ3v) is 5.99. The second-order valence-corrected chi connectivity index (χ2v) is 7.40. The number of piperidine rings is 4.